The highest BCUT2D eigenvalue weighted by molar-refractivity contribution is 6.20. The SMILES string of the molecule is [O]N1[C@@H]2CC[C@H]1CC(Cl)C2. The number of alkyl halides is 1. The van der Waals surface area contributed by atoms with Crippen molar-refractivity contribution in [3.63, 3.8) is 0 Å². The third-order valence-corrected chi connectivity index (χ3v) is 2.96. The lowest BCUT2D eigenvalue weighted by Gasteiger charge is -2.29. The van der Waals surface area contributed by atoms with Crippen LogP contribution in [0, 0.1) is 0 Å². The molecule has 2 bridgehead atoms. The van der Waals surface area contributed by atoms with Crippen LogP contribution in [0.4, 0.5) is 0 Å². The van der Waals surface area contributed by atoms with E-state index < -0.39 is 0 Å². The van der Waals surface area contributed by atoms with Gasteiger partial charge >= 0.3 is 0 Å². The summed E-state index contributed by atoms with van der Waals surface area (Å²) < 4.78 is 0. The first-order chi connectivity index (χ1) is 4.77. The smallest absolute Gasteiger partial charge is 0.0401 e. The van der Waals surface area contributed by atoms with Gasteiger partial charge in [-0.2, -0.15) is 0 Å². The van der Waals surface area contributed by atoms with E-state index in [1.807, 2.05) is 0 Å². The normalized spacial score (nSPS) is 48.0. The van der Waals surface area contributed by atoms with E-state index in [0.717, 1.165) is 25.7 Å². The van der Waals surface area contributed by atoms with Gasteiger partial charge in [0.25, 0.3) is 0 Å². The van der Waals surface area contributed by atoms with Crippen LogP contribution >= 0.6 is 11.6 Å². The molecule has 2 heterocycles. The van der Waals surface area contributed by atoms with Crippen LogP contribution in [-0.2, 0) is 5.21 Å². The van der Waals surface area contributed by atoms with Crippen LogP contribution in [0.25, 0.3) is 0 Å². The van der Waals surface area contributed by atoms with Crippen molar-refractivity contribution in [2.45, 2.75) is 43.1 Å². The average Bonchev–Trinajstić information content (AvgIpc) is 2.20. The number of halogens is 1. The van der Waals surface area contributed by atoms with E-state index in [2.05, 4.69) is 0 Å². The van der Waals surface area contributed by atoms with Crippen LogP contribution in [-0.4, -0.2) is 22.5 Å². The summed E-state index contributed by atoms with van der Waals surface area (Å²) in [6, 6.07) is 0.502. The molecule has 0 saturated carbocycles. The first-order valence-corrected chi connectivity index (χ1v) is 4.30. The second-order valence-corrected chi connectivity index (χ2v) is 3.93. The maximum atomic E-state index is 11.2. The Balaban J connectivity index is 2.09. The summed E-state index contributed by atoms with van der Waals surface area (Å²) in [5.74, 6) is 0. The average molecular weight is 161 g/mol. The van der Waals surface area contributed by atoms with Crippen LogP contribution in [0.3, 0.4) is 0 Å². The van der Waals surface area contributed by atoms with E-state index in [0.29, 0.717) is 0 Å². The summed E-state index contributed by atoms with van der Waals surface area (Å²) >= 11 is 5.95. The van der Waals surface area contributed by atoms with E-state index >= 15 is 0 Å². The molecule has 2 aliphatic rings. The summed E-state index contributed by atoms with van der Waals surface area (Å²) in [4.78, 5) is 0. The lowest BCUT2D eigenvalue weighted by atomic mass is 10.1. The Bertz CT molecular complexity index is 128. The molecule has 2 fully saturated rings. The minimum Gasteiger partial charge on any atom is -0.149 e. The molecule has 0 spiro atoms. The molecule has 1 radical (unpaired) electrons. The Morgan fingerprint density at radius 1 is 1.20 bits per heavy atom. The zero-order valence-electron chi connectivity index (χ0n) is 5.79. The lowest BCUT2D eigenvalue weighted by molar-refractivity contribution is -0.205. The van der Waals surface area contributed by atoms with Gasteiger partial charge in [0, 0.05) is 17.5 Å². The number of rotatable bonds is 0. The van der Waals surface area contributed by atoms with Crippen LogP contribution in [0.1, 0.15) is 25.7 Å². The number of hydrogen-bond acceptors (Lipinski definition) is 1. The summed E-state index contributed by atoms with van der Waals surface area (Å²) in [6.45, 7) is 0. The number of hydrogen-bond donors (Lipinski definition) is 0. The monoisotopic (exact) mass is 160 g/mol. The zero-order chi connectivity index (χ0) is 7.14. The minimum absolute atomic E-state index is 0.251. The molecule has 0 aromatic heterocycles. The van der Waals surface area contributed by atoms with E-state index in [9.17, 15) is 5.21 Å². The topological polar surface area (TPSA) is 23.1 Å². The highest BCUT2D eigenvalue weighted by Gasteiger charge is 2.40. The zero-order valence-corrected chi connectivity index (χ0v) is 6.55. The molecule has 1 unspecified atom stereocenters. The van der Waals surface area contributed by atoms with E-state index in [4.69, 9.17) is 11.6 Å². The highest BCUT2D eigenvalue weighted by Crippen LogP contribution is 2.36. The van der Waals surface area contributed by atoms with E-state index in [-0.39, 0.29) is 17.5 Å². The van der Waals surface area contributed by atoms with Crippen molar-refractivity contribution in [1.29, 1.82) is 0 Å². The van der Waals surface area contributed by atoms with Gasteiger partial charge < -0.3 is 0 Å². The molecule has 3 heteroatoms. The van der Waals surface area contributed by atoms with Crippen molar-refractivity contribution >= 4 is 11.6 Å². The molecular weight excluding hydrogens is 150 g/mol. The first kappa shape index (κ1) is 6.89. The van der Waals surface area contributed by atoms with Gasteiger partial charge in [0.1, 0.15) is 0 Å². The molecule has 0 aliphatic carbocycles. The van der Waals surface area contributed by atoms with Crippen molar-refractivity contribution < 1.29 is 5.21 Å². The maximum Gasteiger partial charge on any atom is 0.0401 e. The van der Waals surface area contributed by atoms with Gasteiger partial charge in [-0.15, -0.1) is 21.9 Å². The third kappa shape index (κ3) is 0.949. The molecule has 2 rings (SSSR count). The number of hydroxylamine groups is 2. The van der Waals surface area contributed by atoms with Crippen LogP contribution in [0.5, 0.6) is 0 Å². The molecule has 2 nitrogen and oxygen atoms in total. The Kier molecular flexibility index (Phi) is 1.63. The molecule has 0 amide bonds. The molecular formula is C7H11ClNO. The molecule has 0 aromatic rings. The fraction of sp³-hybridized carbons (Fsp3) is 1.00. The van der Waals surface area contributed by atoms with Crippen molar-refractivity contribution in [3.05, 3.63) is 0 Å². The quantitative estimate of drug-likeness (QED) is 0.494. The van der Waals surface area contributed by atoms with Gasteiger partial charge in [0.2, 0.25) is 0 Å². The predicted molar refractivity (Wildman–Crippen MR) is 38.2 cm³/mol. The van der Waals surface area contributed by atoms with E-state index in [1.54, 1.807) is 0 Å². The largest absolute Gasteiger partial charge is 0.149 e. The number of piperidine rings is 1. The van der Waals surface area contributed by atoms with Crippen molar-refractivity contribution in [3.8, 4) is 0 Å². The van der Waals surface area contributed by atoms with Crippen LogP contribution in [0.2, 0.25) is 0 Å². The van der Waals surface area contributed by atoms with Gasteiger partial charge in [-0.05, 0) is 25.7 Å². The number of nitrogens with zero attached hydrogens (tertiary/aromatic N) is 1. The summed E-state index contributed by atoms with van der Waals surface area (Å²) in [6.07, 6.45) is 3.94. The van der Waals surface area contributed by atoms with Crippen molar-refractivity contribution in [2.24, 2.45) is 0 Å². The molecule has 2 aliphatic heterocycles. The van der Waals surface area contributed by atoms with Gasteiger partial charge in [-0.25, -0.2) is 0 Å². The van der Waals surface area contributed by atoms with Gasteiger partial charge in [0.05, 0.1) is 0 Å². The fourth-order valence-corrected chi connectivity index (χ4v) is 2.48. The lowest BCUT2D eigenvalue weighted by Crippen LogP contribution is -2.39. The van der Waals surface area contributed by atoms with Gasteiger partial charge in [0.15, 0.2) is 0 Å². The summed E-state index contributed by atoms with van der Waals surface area (Å²) in [5, 5.41) is 12.7. The van der Waals surface area contributed by atoms with Crippen molar-refractivity contribution in [1.82, 2.24) is 5.06 Å². The first-order valence-electron chi connectivity index (χ1n) is 3.87. The maximum absolute atomic E-state index is 11.2. The molecule has 0 aromatic carbocycles. The second-order valence-electron chi connectivity index (χ2n) is 3.31. The third-order valence-electron chi connectivity index (χ3n) is 2.61. The second kappa shape index (κ2) is 2.36. The standard InChI is InChI=1S/C7H11ClNO/c8-5-3-6-1-2-7(4-5)9(6)10/h5-7H,1-4H2/t5?,6-,7+. The molecule has 57 valence electrons. The van der Waals surface area contributed by atoms with Crippen LogP contribution in [0.15, 0.2) is 0 Å². The molecule has 0 N–H and O–H groups in total. The van der Waals surface area contributed by atoms with Gasteiger partial charge in [-0.3, -0.25) is 0 Å². The Labute approximate surface area is 65.7 Å². The molecule has 10 heavy (non-hydrogen) atoms. The number of fused-ring (bicyclic) bond motifs is 2. The fourth-order valence-electron chi connectivity index (χ4n) is 2.07. The molecule has 3 atom stereocenters. The summed E-state index contributed by atoms with van der Waals surface area (Å²) in [5.41, 5.74) is 0. The Morgan fingerprint density at radius 3 is 2.20 bits per heavy atom. The highest BCUT2D eigenvalue weighted by atomic mass is 35.5. The Hall–Kier alpha value is 0.210. The Morgan fingerprint density at radius 2 is 1.70 bits per heavy atom. The van der Waals surface area contributed by atoms with Crippen LogP contribution < -0.4 is 0 Å². The van der Waals surface area contributed by atoms with Crippen molar-refractivity contribution in [2.75, 3.05) is 0 Å². The summed E-state index contributed by atoms with van der Waals surface area (Å²) in [7, 11) is 0. The minimum atomic E-state index is 0.251. The molecule has 2 saturated heterocycles. The van der Waals surface area contributed by atoms with Gasteiger partial charge in [-0.1, -0.05) is 0 Å². The predicted octanol–water partition coefficient (Wildman–Crippen LogP) is 1.57. The van der Waals surface area contributed by atoms with E-state index in [1.165, 1.54) is 5.06 Å².